The van der Waals surface area contributed by atoms with Gasteiger partial charge in [-0.05, 0) is 48.9 Å². The second-order valence-corrected chi connectivity index (χ2v) is 6.05. The molecule has 0 amide bonds. The van der Waals surface area contributed by atoms with Crippen molar-refractivity contribution in [1.29, 1.82) is 0 Å². The summed E-state index contributed by atoms with van der Waals surface area (Å²) in [5, 5.41) is 1.91. The lowest BCUT2D eigenvalue weighted by Gasteiger charge is -2.15. The molecule has 0 aliphatic rings. The van der Waals surface area contributed by atoms with E-state index in [1.807, 2.05) is 57.2 Å². The maximum absolute atomic E-state index is 13.1. The molecule has 0 radical (unpaired) electrons. The number of pyridine rings is 1. The molecular formula is C20H22Cl2N2O. The molecule has 3 rings (SSSR count). The lowest BCUT2D eigenvalue weighted by atomic mass is 9.90. The molecule has 0 spiro atoms. The van der Waals surface area contributed by atoms with Crippen LogP contribution in [0.4, 0.5) is 0 Å². The summed E-state index contributed by atoms with van der Waals surface area (Å²) in [5.41, 5.74) is 10.4. The molecule has 1 unspecified atom stereocenters. The first-order chi connectivity index (χ1) is 11.0. The van der Waals surface area contributed by atoms with Crippen LogP contribution in [0, 0.1) is 13.8 Å². The van der Waals surface area contributed by atoms with Gasteiger partial charge in [0.1, 0.15) is 0 Å². The van der Waals surface area contributed by atoms with Gasteiger partial charge in [-0.2, -0.15) is 0 Å². The molecule has 0 bridgehead atoms. The van der Waals surface area contributed by atoms with Crippen molar-refractivity contribution in [3.63, 3.8) is 0 Å². The van der Waals surface area contributed by atoms with Crippen LogP contribution in [-0.2, 0) is 0 Å². The lowest BCUT2D eigenvalue weighted by Crippen LogP contribution is -2.11. The number of rotatable bonds is 3. The van der Waals surface area contributed by atoms with E-state index in [0.717, 1.165) is 33.0 Å². The number of halogens is 2. The number of benzene rings is 2. The number of ketones is 1. The van der Waals surface area contributed by atoms with Gasteiger partial charge in [-0.25, -0.2) is 0 Å². The number of aromatic nitrogens is 1. The zero-order valence-corrected chi connectivity index (χ0v) is 16.1. The first kappa shape index (κ1) is 21.1. The van der Waals surface area contributed by atoms with E-state index in [4.69, 9.17) is 5.73 Å². The Balaban J connectivity index is 0.00000156. The summed E-state index contributed by atoms with van der Waals surface area (Å²) in [6.07, 6.45) is 3.50. The molecule has 132 valence electrons. The van der Waals surface area contributed by atoms with E-state index in [1.54, 1.807) is 12.4 Å². The highest BCUT2D eigenvalue weighted by molar-refractivity contribution is 6.17. The van der Waals surface area contributed by atoms with Crippen molar-refractivity contribution in [1.82, 2.24) is 4.98 Å². The van der Waals surface area contributed by atoms with E-state index >= 15 is 0 Å². The van der Waals surface area contributed by atoms with Crippen LogP contribution in [0.2, 0.25) is 0 Å². The summed E-state index contributed by atoms with van der Waals surface area (Å²) in [5.74, 6) is 0.0491. The summed E-state index contributed by atoms with van der Waals surface area (Å²) in [7, 11) is 0. The molecule has 0 saturated heterocycles. The third-order valence-corrected chi connectivity index (χ3v) is 4.23. The molecule has 0 aliphatic carbocycles. The zero-order chi connectivity index (χ0) is 16.6. The standard InChI is InChI=1S/C20H20N2O.2ClH/c1-12-9-16(14(3)21)10-13(2)19(12)20(23)18-6-4-5-15-11-22-8-7-17(15)18;;/h4-11,14H,21H2,1-3H3;2*1H. The summed E-state index contributed by atoms with van der Waals surface area (Å²) in [6.45, 7) is 5.89. The fraction of sp³-hybridized carbons (Fsp3) is 0.200. The maximum atomic E-state index is 13.1. The Labute approximate surface area is 160 Å². The largest absolute Gasteiger partial charge is 0.324 e. The molecular weight excluding hydrogens is 355 g/mol. The number of carbonyl (C=O) groups excluding carboxylic acids is 1. The van der Waals surface area contributed by atoms with Gasteiger partial charge in [-0.1, -0.05) is 30.3 Å². The summed E-state index contributed by atoms with van der Waals surface area (Å²) in [6, 6.07) is 11.6. The number of nitrogens with zero attached hydrogens (tertiary/aromatic N) is 1. The Kier molecular flexibility index (Phi) is 7.12. The van der Waals surface area contributed by atoms with E-state index in [-0.39, 0.29) is 36.6 Å². The highest BCUT2D eigenvalue weighted by Crippen LogP contribution is 2.26. The van der Waals surface area contributed by atoms with Gasteiger partial charge in [-0.15, -0.1) is 24.8 Å². The average Bonchev–Trinajstić information content (AvgIpc) is 2.53. The van der Waals surface area contributed by atoms with E-state index in [1.165, 1.54) is 0 Å². The quantitative estimate of drug-likeness (QED) is 0.658. The first-order valence-electron chi connectivity index (χ1n) is 7.73. The normalized spacial score (nSPS) is 11.4. The van der Waals surface area contributed by atoms with Crippen LogP contribution in [-0.4, -0.2) is 10.8 Å². The number of nitrogens with two attached hydrogens (primary N) is 1. The molecule has 1 atom stereocenters. The van der Waals surface area contributed by atoms with Gasteiger partial charge >= 0.3 is 0 Å². The molecule has 2 N–H and O–H groups in total. The van der Waals surface area contributed by atoms with Gasteiger partial charge in [0.25, 0.3) is 0 Å². The molecule has 3 aromatic rings. The molecule has 0 aliphatic heterocycles. The SMILES string of the molecule is Cc1cc(C(C)N)cc(C)c1C(=O)c1cccc2cnccc12.Cl.Cl. The fourth-order valence-electron chi connectivity index (χ4n) is 3.07. The molecule has 25 heavy (non-hydrogen) atoms. The highest BCUT2D eigenvalue weighted by Gasteiger charge is 2.18. The summed E-state index contributed by atoms with van der Waals surface area (Å²) < 4.78 is 0. The predicted molar refractivity (Wildman–Crippen MR) is 108 cm³/mol. The number of hydrogen-bond acceptors (Lipinski definition) is 3. The van der Waals surface area contributed by atoms with Crippen LogP contribution in [0.5, 0.6) is 0 Å². The third kappa shape index (κ3) is 4.01. The maximum Gasteiger partial charge on any atom is 0.194 e. The van der Waals surface area contributed by atoms with Gasteiger partial charge < -0.3 is 5.73 Å². The van der Waals surface area contributed by atoms with Crippen LogP contribution in [0.25, 0.3) is 10.8 Å². The van der Waals surface area contributed by atoms with Crippen molar-refractivity contribution in [2.75, 3.05) is 0 Å². The molecule has 1 aromatic heterocycles. The Bertz CT molecular complexity index is 879. The van der Waals surface area contributed by atoms with Gasteiger partial charge in [0.15, 0.2) is 5.78 Å². The Morgan fingerprint density at radius 2 is 1.72 bits per heavy atom. The van der Waals surface area contributed by atoms with Crippen LogP contribution in [0.3, 0.4) is 0 Å². The predicted octanol–water partition coefficient (Wildman–Crippen LogP) is 4.95. The van der Waals surface area contributed by atoms with E-state index in [2.05, 4.69) is 4.98 Å². The Hall–Kier alpha value is -1.94. The second kappa shape index (κ2) is 8.43. The highest BCUT2D eigenvalue weighted by atomic mass is 35.5. The number of fused-ring (bicyclic) bond motifs is 1. The van der Waals surface area contributed by atoms with Crippen LogP contribution < -0.4 is 5.73 Å². The Morgan fingerprint density at radius 3 is 2.32 bits per heavy atom. The minimum atomic E-state index is -0.0415. The van der Waals surface area contributed by atoms with Gasteiger partial charge in [-0.3, -0.25) is 9.78 Å². The minimum Gasteiger partial charge on any atom is -0.324 e. The summed E-state index contributed by atoms with van der Waals surface area (Å²) >= 11 is 0. The van der Waals surface area contributed by atoms with Gasteiger partial charge in [0.2, 0.25) is 0 Å². The molecule has 3 nitrogen and oxygen atoms in total. The third-order valence-electron chi connectivity index (χ3n) is 4.23. The molecule has 2 aromatic carbocycles. The minimum absolute atomic E-state index is 0. The van der Waals surface area contributed by atoms with Crippen molar-refractivity contribution >= 4 is 41.4 Å². The number of aryl methyl sites for hydroxylation is 2. The van der Waals surface area contributed by atoms with Gasteiger partial charge in [0.05, 0.1) is 0 Å². The van der Waals surface area contributed by atoms with Crippen LogP contribution in [0.15, 0.2) is 48.8 Å². The summed E-state index contributed by atoms with van der Waals surface area (Å²) in [4.78, 5) is 17.3. The number of hydrogen-bond donors (Lipinski definition) is 1. The number of carbonyl (C=O) groups is 1. The fourth-order valence-corrected chi connectivity index (χ4v) is 3.07. The van der Waals surface area contributed by atoms with Crippen molar-refractivity contribution in [2.45, 2.75) is 26.8 Å². The first-order valence-corrected chi connectivity index (χ1v) is 7.73. The average molecular weight is 377 g/mol. The van der Waals surface area contributed by atoms with Crippen LogP contribution in [0.1, 0.15) is 45.6 Å². The second-order valence-electron chi connectivity index (χ2n) is 6.05. The lowest BCUT2D eigenvalue weighted by molar-refractivity contribution is 0.103. The van der Waals surface area contributed by atoms with Crippen molar-refractivity contribution < 1.29 is 4.79 Å². The van der Waals surface area contributed by atoms with E-state index in [9.17, 15) is 4.79 Å². The molecule has 1 heterocycles. The smallest absolute Gasteiger partial charge is 0.194 e. The zero-order valence-electron chi connectivity index (χ0n) is 14.4. The van der Waals surface area contributed by atoms with E-state index in [0.29, 0.717) is 5.56 Å². The monoisotopic (exact) mass is 376 g/mol. The van der Waals surface area contributed by atoms with E-state index < -0.39 is 0 Å². The molecule has 0 fully saturated rings. The van der Waals surface area contributed by atoms with Crippen molar-refractivity contribution in [3.05, 3.63) is 76.6 Å². The molecule has 5 heteroatoms. The van der Waals surface area contributed by atoms with Crippen LogP contribution >= 0.6 is 24.8 Å². The van der Waals surface area contributed by atoms with Gasteiger partial charge in [0, 0.05) is 34.9 Å². The molecule has 0 saturated carbocycles. The topological polar surface area (TPSA) is 56.0 Å². The van der Waals surface area contributed by atoms with Crippen molar-refractivity contribution in [3.8, 4) is 0 Å². The van der Waals surface area contributed by atoms with Crippen molar-refractivity contribution in [2.24, 2.45) is 5.73 Å². The Morgan fingerprint density at radius 1 is 1.08 bits per heavy atom.